The molecule has 0 aromatic rings. The minimum atomic E-state index is 0.499. The van der Waals surface area contributed by atoms with Crippen LogP contribution in [0.25, 0.3) is 0 Å². The third-order valence-electron chi connectivity index (χ3n) is 2.19. The van der Waals surface area contributed by atoms with Crippen LogP contribution in [0.2, 0.25) is 0 Å². The molecule has 1 heterocycles. The molecule has 0 radical (unpaired) electrons. The maximum absolute atomic E-state index is 5.58. The minimum absolute atomic E-state index is 0.499. The third-order valence-corrected chi connectivity index (χ3v) is 2.19. The average molecular weight is 173 g/mol. The van der Waals surface area contributed by atoms with Gasteiger partial charge < -0.3 is 9.57 Å². The zero-order valence-corrected chi connectivity index (χ0v) is 7.84. The van der Waals surface area contributed by atoms with Gasteiger partial charge >= 0.3 is 0 Å². The number of ether oxygens (including phenoxy) is 1. The molecule has 0 aliphatic carbocycles. The van der Waals surface area contributed by atoms with Crippen molar-refractivity contribution < 1.29 is 9.57 Å². The maximum Gasteiger partial charge on any atom is 0.0683 e. The SMILES string of the molecule is CNOCCCC1CCCCO1. The van der Waals surface area contributed by atoms with Gasteiger partial charge in [0, 0.05) is 13.7 Å². The topological polar surface area (TPSA) is 30.5 Å². The Hall–Kier alpha value is -0.120. The summed E-state index contributed by atoms with van der Waals surface area (Å²) in [4.78, 5) is 5.02. The van der Waals surface area contributed by atoms with Gasteiger partial charge in [-0.15, -0.1) is 0 Å². The molecule has 1 aliphatic rings. The standard InChI is InChI=1S/C9H19NO2/c1-10-12-8-4-6-9-5-2-3-7-11-9/h9-10H,2-8H2,1H3. The van der Waals surface area contributed by atoms with Crippen molar-refractivity contribution in [3.8, 4) is 0 Å². The van der Waals surface area contributed by atoms with Gasteiger partial charge in [0.25, 0.3) is 0 Å². The van der Waals surface area contributed by atoms with Gasteiger partial charge in [-0.05, 0) is 32.1 Å². The molecule has 0 spiro atoms. The van der Waals surface area contributed by atoms with Crippen LogP contribution in [0, 0.1) is 0 Å². The van der Waals surface area contributed by atoms with Crippen molar-refractivity contribution in [3.05, 3.63) is 0 Å². The van der Waals surface area contributed by atoms with Crippen molar-refractivity contribution in [3.63, 3.8) is 0 Å². The fourth-order valence-corrected chi connectivity index (χ4v) is 1.52. The highest BCUT2D eigenvalue weighted by atomic mass is 16.6. The smallest absolute Gasteiger partial charge is 0.0683 e. The van der Waals surface area contributed by atoms with Crippen LogP contribution in [0.3, 0.4) is 0 Å². The van der Waals surface area contributed by atoms with Crippen molar-refractivity contribution in [1.82, 2.24) is 5.48 Å². The van der Waals surface area contributed by atoms with Crippen LogP contribution in [0.5, 0.6) is 0 Å². The molecule has 0 aromatic heterocycles. The Morgan fingerprint density at radius 2 is 2.42 bits per heavy atom. The predicted octanol–water partition coefficient (Wildman–Crippen LogP) is 1.49. The van der Waals surface area contributed by atoms with Gasteiger partial charge in [0.05, 0.1) is 12.7 Å². The lowest BCUT2D eigenvalue weighted by atomic mass is 10.1. The van der Waals surface area contributed by atoms with E-state index in [1.54, 1.807) is 7.05 Å². The molecule has 3 heteroatoms. The first kappa shape index (κ1) is 9.96. The highest BCUT2D eigenvalue weighted by molar-refractivity contribution is 4.62. The summed E-state index contributed by atoms with van der Waals surface area (Å²) in [6, 6.07) is 0. The van der Waals surface area contributed by atoms with Crippen molar-refractivity contribution in [2.45, 2.75) is 38.2 Å². The fourth-order valence-electron chi connectivity index (χ4n) is 1.52. The minimum Gasteiger partial charge on any atom is -0.378 e. The van der Waals surface area contributed by atoms with E-state index in [2.05, 4.69) is 5.48 Å². The van der Waals surface area contributed by atoms with E-state index in [0.717, 1.165) is 26.1 Å². The van der Waals surface area contributed by atoms with Crippen LogP contribution >= 0.6 is 0 Å². The number of rotatable bonds is 5. The lowest BCUT2D eigenvalue weighted by molar-refractivity contribution is -0.00214. The van der Waals surface area contributed by atoms with Gasteiger partial charge in [0.2, 0.25) is 0 Å². The molecule has 72 valence electrons. The molecule has 0 saturated carbocycles. The second kappa shape index (κ2) is 6.40. The highest BCUT2D eigenvalue weighted by Crippen LogP contribution is 2.16. The van der Waals surface area contributed by atoms with Crippen molar-refractivity contribution in [1.29, 1.82) is 0 Å². The number of nitrogens with one attached hydrogen (secondary N) is 1. The van der Waals surface area contributed by atoms with E-state index in [0.29, 0.717) is 6.10 Å². The summed E-state index contributed by atoms with van der Waals surface area (Å²) in [6.07, 6.45) is 6.53. The van der Waals surface area contributed by atoms with E-state index < -0.39 is 0 Å². The first-order chi connectivity index (χ1) is 5.93. The van der Waals surface area contributed by atoms with Crippen molar-refractivity contribution in [2.24, 2.45) is 0 Å². The first-order valence-electron chi connectivity index (χ1n) is 4.83. The van der Waals surface area contributed by atoms with E-state index in [9.17, 15) is 0 Å². The van der Waals surface area contributed by atoms with E-state index in [-0.39, 0.29) is 0 Å². The monoisotopic (exact) mass is 173 g/mol. The Balaban J connectivity index is 1.91. The Kier molecular flexibility index (Phi) is 5.32. The molecule has 0 aromatic carbocycles. The van der Waals surface area contributed by atoms with Crippen LogP contribution in [0.4, 0.5) is 0 Å². The molecule has 1 atom stereocenters. The van der Waals surface area contributed by atoms with Gasteiger partial charge in [-0.25, -0.2) is 5.48 Å². The second-order valence-corrected chi connectivity index (χ2v) is 3.18. The predicted molar refractivity (Wildman–Crippen MR) is 47.8 cm³/mol. The van der Waals surface area contributed by atoms with E-state index >= 15 is 0 Å². The molecule has 0 bridgehead atoms. The van der Waals surface area contributed by atoms with E-state index in [1.165, 1.54) is 19.3 Å². The normalized spacial score (nSPS) is 24.2. The molecule has 1 aliphatic heterocycles. The van der Waals surface area contributed by atoms with Gasteiger partial charge in [-0.2, -0.15) is 0 Å². The Bertz CT molecular complexity index is 103. The molecular formula is C9H19NO2. The fraction of sp³-hybridized carbons (Fsp3) is 1.00. The van der Waals surface area contributed by atoms with Gasteiger partial charge in [-0.3, -0.25) is 0 Å². The average Bonchev–Trinajstić information content (AvgIpc) is 2.14. The summed E-state index contributed by atoms with van der Waals surface area (Å²) in [6.45, 7) is 1.74. The Morgan fingerprint density at radius 1 is 1.50 bits per heavy atom. The zero-order valence-electron chi connectivity index (χ0n) is 7.84. The van der Waals surface area contributed by atoms with Crippen molar-refractivity contribution >= 4 is 0 Å². The second-order valence-electron chi connectivity index (χ2n) is 3.18. The largest absolute Gasteiger partial charge is 0.378 e. The Labute approximate surface area is 74.4 Å². The maximum atomic E-state index is 5.58. The molecule has 1 unspecified atom stereocenters. The van der Waals surface area contributed by atoms with Crippen LogP contribution in [0.15, 0.2) is 0 Å². The molecule has 1 N–H and O–H groups in total. The Morgan fingerprint density at radius 3 is 3.08 bits per heavy atom. The van der Waals surface area contributed by atoms with E-state index in [4.69, 9.17) is 9.57 Å². The summed E-state index contributed by atoms with van der Waals surface area (Å²) in [5.74, 6) is 0. The molecule has 12 heavy (non-hydrogen) atoms. The number of hydrogen-bond donors (Lipinski definition) is 1. The lowest BCUT2D eigenvalue weighted by Gasteiger charge is -2.22. The van der Waals surface area contributed by atoms with Crippen LogP contribution in [-0.4, -0.2) is 26.4 Å². The van der Waals surface area contributed by atoms with E-state index in [1.807, 2.05) is 0 Å². The van der Waals surface area contributed by atoms with Gasteiger partial charge in [-0.1, -0.05) is 0 Å². The molecule has 0 amide bonds. The molecule has 1 fully saturated rings. The summed E-state index contributed by atoms with van der Waals surface area (Å²) in [5.41, 5.74) is 2.66. The molecule has 1 saturated heterocycles. The summed E-state index contributed by atoms with van der Waals surface area (Å²) in [7, 11) is 1.79. The van der Waals surface area contributed by atoms with Crippen molar-refractivity contribution in [2.75, 3.05) is 20.3 Å². The lowest BCUT2D eigenvalue weighted by Crippen LogP contribution is -2.20. The number of hydrogen-bond acceptors (Lipinski definition) is 3. The molecular weight excluding hydrogens is 154 g/mol. The van der Waals surface area contributed by atoms with Gasteiger partial charge in [0.15, 0.2) is 0 Å². The third kappa shape index (κ3) is 4.04. The quantitative estimate of drug-likeness (QED) is 0.504. The summed E-state index contributed by atoms with van der Waals surface area (Å²) in [5, 5.41) is 0. The van der Waals surface area contributed by atoms with Gasteiger partial charge in [0.1, 0.15) is 0 Å². The number of hydroxylamine groups is 1. The molecule has 1 rings (SSSR count). The van der Waals surface area contributed by atoms with Crippen LogP contribution in [-0.2, 0) is 9.57 Å². The molecule has 3 nitrogen and oxygen atoms in total. The van der Waals surface area contributed by atoms with Crippen LogP contribution < -0.4 is 5.48 Å². The van der Waals surface area contributed by atoms with Crippen LogP contribution in [0.1, 0.15) is 32.1 Å². The summed E-state index contributed by atoms with van der Waals surface area (Å²) < 4.78 is 5.58. The first-order valence-corrected chi connectivity index (χ1v) is 4.83. The zero-order chi connectivity index (χ0) is 8.65. The highest BCUT2D eigenvalue weighted by Gasteiger charge is 2.12. The summed E-state index contributed by atoms with van der Waals surface area (Å²) >= 11 is 0.